The van der Waals surface area contributed by atoms with Crippen LogP contribution in [-0.2, 0) is 4.79 Å². The molecule has 0 unspecified atom stereocenters. The van der Waals surface area contributed by atoms with Gasteiger partial charge in [0.1, 0.15) is 5.82 Å². The summed E-state index contributed by atoms with van der Waals surface area (Å²) in [5.41, 5.74) is 1.65. The molecule has 1 aromatic heterocycles. The lowest BCUT2D eigenvalue weighted by atomic mass is 10.1. The van der Waals surface area contributed by atoms with Crippen LogP contribution in [0, 0.1) is 12.7 Å². The minimum atomic E-state index is -0.647. The number of amides is 3. The van der Waals surface area contributed by atoms with Crippen molar-refractivity contribution < 1.29 is 23.2 Å². The summed E-state index contributed by atoms with van der Waals surface area (Å²) >= 11 is 0. The Hall–Kier alpha value is -3.94. The zero-order valence-corrected chi connectivity index (χ0v) is 15.7. The van der Waals surface area contributed by atoms with Crippen LogP contribution in [0.3, 0.4) is 0 Å². The van der Waals surface area contributed by atoms with Gasteiger partial charge < -0.3 is 20.4 Å². The summed E-state index contributed by atoms with van der Waals surface area (Å²) in [5, 5.41) is 7.67. The molecular formula is C21H18FN3O4. The molecule has 148 valence electrons. The largest absolute Gasteiger partial charge is 0.459 e. The predicted molar refractivity (Wildman–Crippen MR) is 106 cm³/mol. The number of nitrogens with one attached hydrogen (secondary N) is 3. The number of furan rings is 1. The summed E-state index contributed by atoms with van der Waals surface area (Å²) in [5.74, 6) is -1.85. The van der Waals surface area contributed by atoms with Gasteiger partial charge in [-0.15, -0.1) is 0 Å². The van der Waals surface area contributed by atoms with E-state index in [-0.39, 0.29) is 22.9 Å². The maximum atomic E-state index is 14.1. The predicted octanol–water partition coefficient (Wildman–Crippen LogP) is 4.19. The van der Waals surface area contributed by atoms with Gasteiger partial charge in [-0.1, -0.05) is 6.07 Å². The Labute approximate surface area is 165 Å². The first kappa shape index (κ1) is 19.8. The highest BCUT2D eigenvalue weighted by atomic mass is 19.1. The van der Waals surface area contributed by atoms with E-state index in [0.717, 1.165) is 11.6 Å². The third kappa shape index (κ3) is 4.86. The minimum Gasteiger partial charge on any atom is -0.459 e. The molecule has 0 spiro atoms. The molecule has 0 radical (unpaired) electrons. The first-order chi connectivity index (χ1) is 13.8. The van der Waals surface area contributed by atoms with Crippen LogP contribution in [0.2, 0.25) is 0 Å². The van der Waals surface area contributed by atoms with Crippen LogP contribution >= 0.6 is 0 Å². The molecule has 0 saturated heterocycles. The molecule has 0 atom stereocenters. The summed E-state index contributed by atoms with van der Waals surface area (Å²) < 4.78 is 19.1. The van der Waals surface area contributed by atoms with Crippen LogP contribution in [0.1, 0.15) is 33.4 Å². The minimum absolute atomic E-state index is 0.0806. The highest BCUT2D eigenvalue weighted by Crippen LogP contribution is 2.22. The summed E-state index contributed by atoms with van der Waals surface area (Å²) in [6, 6.07) is 11.7. The van der Waals surface area contributed by atoms with Gasteiger partial charge >= 0.3 is 0 Å². The fourth-order valence-corrected chi connectivity index (χ4v) is 2.59. The van der Waals surface area contributed by atoms with Gasteiger partial charge in [-0.05, 0) is 55.0 Å². The fourth-order valence-electron chi connectivity index (χ4n) is 2.59. The van der Waals surface area contributed by atoms with Crippen molar-refractivity contribution in [3.05, 3.63) is 77.5 Å². The second-order valence-electron chi connectivity index (χ2n) is 6.29. The topological polar surface area (TPSA) is 100 Å². The maximum Gasteiger partial charge on any atom is 0.291 e. The smallest absolute Gasteiger partial charge is 0.291 e. The third-order valence-electron chi connectivity index (χ3n) is 4.03. The Bertz CT molecular complexity index is 1080. The summed E-state index contributed by atoms with van der Waals surface area (Å²) in [4.78, 5) is 35.9. The molecule has 8 heteroatoms. The second kappa shape index (κ2) is 8.39. The number of hydrogen-bond donors (Lipinski definition) is 3. The molecule has 0 aliphatic heterocycles. The van der Waals surface area contributed by atoms with Crippen molar-refractivity contribution in [3.63, 3.8) is 0 Å². The fraction of sp³-hybridized carbons (Fsp3) is 0.0952. The van der Waals surface area contributed by atoms with Gasteiger partial charge in [0, 0.05) is 23.9 Å². The lowest BCUT2D eigenvalue weighted by Crippen LogP contribution is -2.16. The lowest BCUT2D eigenvalue weighted by Gasteiger charge is -2.12. The number of anilines is 3. The van der Waals surface area contributed by atoms with Crippen LogP contribution in [0.15, 0.2) is 59.2 Å². The highest BCUT2D eigenvalue weighted by molar-refractivity contribution is 6.07. The molecule has 0 fully saturated rings. The van der Waals surface area contributed by atoms with E-state index >= 15 is 0 Å². The van der Waals surface area contributed by atoms with Crippen LogP contribution in [-0.4, -0.2) is 17.7 Å². The highest BCUT2D eigenvalue weighted by Gasteiger charge is 2.15. The standard InChI is InChI=1S/C21H18FN3O4/c1-12-5-6-14(10-17(12)24-21(28)19-4-3-9-29-19)20(27)25-18-11-15(23-13(2)26)7-8-16(18)22/h3-11H,1-2H3,(H,23,26)(H,24,28)(H,25,27). The van der Waals surface area contributed by atoms with Crippen molar-refractivity contribution >= 4 is 34.8 Å². The van der Waals surface area contributed by atoms with E-state index in [4.69, 9.17) is 4.42 Å². The Morgan fingerprint density at radius 3 is 2.34 bits per heavy atom. The Kier molecular flexibility index (Phi) is 5.73. The Morgan fingerprint density at radius 2 is 1.66 bits per heavy atom. The number of carbonyl (C=O) groups excluding carboxylic acids is 3. The number of rotatable bonds is 5. The number of carbonyl (C=O) groups is 3. The van der Waals surface area contributed by atoms with Gasteiger partial charge in [-0.2, -0.15) is 0 Å². The third-order valence-corrected chi connectivity index (χ3v) is 4.03. The Morgan fingerprint density at radius 1 is 0.897 bits per heavy atom. The second-order valence-corrected chi connectivity index (χ2v) is 6.29. The summed E-state index contributed by atoms with van der Waals surface area (Å²) in [7, 11) is 0. The van der Waals surface area contributed by atoms with Crippen LogP contribution in [0.4, 0.5) is 21.5 Å². The van der Waals surface area contributed by atoms with Gasteiger partial charge in [0.05, 0.1) is 12.0 Å². The van der Waals surface area contributed by atoms with Gasteiger partial charge in [0.25, 0.3) is 11.8 Å². The molecule has 3 amide bonds. The maximum absolute atomic E-state index is 14.1. The van der Waals surface area contributed by atoms with Crippen LogP contribution < -0.4 is 16.0 Å². The van der Waals surface area contributed by atoms with E-state index in [1.54, 1.807) is 25.1 Å². The molecular weight excluding hydrogens is 377 g/mol. The molecule has 3 aromatic rings. The molecule has 29 heavy (non-hydrogen) atoms. The zero-order valence-electron chi connectivity index (χ0n) is 15.7. The van der Waals surface area contributed by atoms with Crippen molar-refractivity contribution in [2.24, 2.45) is 0 Å². The van der Waals surface area contributed by atoms with Crippen molar-refractivity contribution in [2.75, 3.05) is 16.0 Å². The van der Waals surface area contributed by atoms with E-state index < -0.39 is 17.6 Å². The first-order valence-corrected chi connectivity index (χ1v) is 8.67. The van der Waals surface area contributed by atoms with Gasteiger partial charge in [0.2, 0.25) is 5.91 Å². The molecule has 7 nitrogen and oxygen atoms in total. The molecule has 0 aliphatic rings. The van der Waals surface area contributed by atoms with E-state index in [9.17, 15) is 18.8 Å². The quantitative estimate of drug-likeness (QED) is 0.603. The van der Waals surface area contributed by atoms with E-state index in [1.807, 2.05) is 0 Å². The zero-order chi connectivity index (χ0) is 21.0. The normalized spacial score (nSPS) is 10.3. The van der Waals surface area contributed by atoms with Gasteiger partial charge in [-0.3, -0.25) is 14.4 Å². The van der Waals surface area contributed by atoms with Crippen LogP contribution in [0.25, 0.3) is 0 Å². The molecule has 1 heterocycles. The van der Waals surface area contributed by atoms with E-state index in [2.05, 4.69) is 16.0 Å². The van der Waals surface area contributed by atoms with Gasteiger partial charge in [-0.25, -0.2) is 4.39 Å². The monoisotopic (exact) mass is 395 g/mol. The van der Waals surface area contributed by atoms with E-state index in [1.165, 1.54) is 37.5 Å². The number of hydrogen-bond acceptors (Lipinski definition) is 4. The van der Waals surface area contributed by atoms with Crippen molar-refractivity contribution in [2.45, 2.75) is 13.8 Å². The average Bonchev–Trinajstić information content (AvgIpc) is 3.20. The van der Waals surface area contributed by atoms with Gasteiger partial charge in [0.15, 0.2) is 5.76 Å². The number of halogens is 1. The molecule has 2 aromatic carbocycles. The van der Waals surface area contributed by atoms with Crippen molar-refractivity contribution in [3.8, 4) is 0 Å². The molecule has 0 bridgehead atoms. The molecule has 3 N–H and O–H groups in total. The summed E-state index contributed by atoms with van der Waals surface area (Å²) in [6.45, 7) is 3.10. The SMILES string of the molecule is CC(=O)Nc1ccc(F)c(NC(=O)c2ccc(C)c(NC(=O)c3ccco3)c2)c1. The Balaban J connectivity index is 1.79. The average molecular weight is 395 g/mol. The number of benzene rings is 2. The van der Waals surface area contributed by atoms with E-state index in [0.29, 0.717) is 11.4 Å². The van der Waals surface area contributed by atoms with Crippen LogP contribution in [0.5, 0.6) is 0 Å². The van der Waals surface area contributed by atoms with Crippen molar-refractivity contribution in [1.29, 1.82) is 0 Å². The van der Waals surface area contributed by atoms with Crippen molar-refractivity contribution in [1.82, 2.24) is 0 Å². The molecule has 3 rings (SSSR count). The first-order valence-electron chi connectivity index (χ1n) is 8.67. The number of aryl methyl sites for hydroxylation is 1. The molecule has 0 aliphatic carbocycles. The molecule has 0 saturated carbocycles. The lowest BCUT2D eigenvalue weighted by molar-refractivity contribution is -0.114. The summed E-state index contributed by atoms with van der Waals surface area (Å²) in [6.07, 6.45) is 1.38.